The molecule has 1 aromatic rings. The van der Waals surface area contributed by atoms with Gasteiger partial charge in [0.05, 0.1) is 6.42 Å². The van der Waals surface area contributed by atoms with E-state index in [1.807, 2.05) is 25.1 Å². The van der Waals surface area contributed by atoms with Crippen LogP contribution in [0.25, 0.3) is 0 Å². The summed E-state index contributed by atoms with van der Waals surface area (Å²) < 4.78 is 0. The summed E-state index contributed by atoms with van der Waals surface area (Å²) in [7, 11) is 0. The van der Waals surface area contributed by atoms with Crippen molar-refractivity contribution in [2.75, 3.05) is 5.43 Å². The predicted octanol–water partition coefficient (Wildman–Crippen LogP) is 0.308. The average molecular weight is 179 g/mol. The van der Waals surface area contributed by atoms with E-state index in [4.69, 9.17) is 11.6 Å². The van der Waals surface area contributed by atoms with Crippen molar-refractivity contribution in [3.63, 3.8) is 0 Å². The number of nitrogens with one attached hydrogen (secondary N) is 1. The summed E-state index contributed by atoms with van der Waals surface area (Å²) in [5.41, 5.74) is 10.3. The van der Waals surface area contributed by atoms with Gasteiger partial charge in [0.1, 0.15) is 0 Å². The van der Waals surface area contributed by atoms with Gasteiger partial charge in [0, 0.05) is 5.69 Å². The first kappa shape index (κ1) is 9.54. The Balaban J connectivity index is 2.96. The van der Waals surface area contributed by atoms with Crippen LogP contribution in [0.5, 0.6) is 0 Å². The molecule has 4 nitrogen and oxygen atoms in total. The molecule has 1 amide bonds. The lowest BCUT2D eigenvalue weighted by Crippen LogP contribution is -2.15. The Morgan fingerprint density at radius 3 is 2.77 bits per heavy atom. The van der Waals surface area contributed by atoms with Gasteiger partial charge in [-0.05, 0) is 30.2 Å². The maximum Gasteiger partial charge on any atom is 0.221 e. The highest BCUT2D eigenvalue weighted by molar-refractivity contribution is 5.77. The number of hydrogen-bond donors (Lipinski definition) is 3. The maximum atomic E-state index is 10.7. The van der Waals surface area contributed by atoms with Crippen molar-refractivity contribution in [2.45, 2.75) is 13.3 Å². The Labute approximate surface area is 76.9 Å². The van der Waals surface area contributed by atoms with E-state index >= 15 is 0 Å². The number of carbonyl (C=O) groups is 1. The van der Waals surface area contributed by atoms with Crippen molar-refractivity contribution in [2.24, 2.45) is 11.6 Å². The van der Waals surface area contributed by atoms with Crippen molar-refractivity contribution in [1.29, 1.82) is 0 Å². The van der Waals surface area contributed by atoms with E-state index in [-0.39, 0.29) is 12.3 Å². The molecule has 4 heteroatoms. The normalized spacial score (nSPS) is 9.69. The van der Waals surface area contributed by atoms with Crippen molar-refractivity contribution in [3.8, 4) is 0 Å². The molecular formula is C9H13N3O. The number of hydrazine groups is 1. The third-order valence-corrected chi connectivity index (χ3v) is 1.88. The second kappa shape index (κ2) is 3.91. The van der Waals surface area contributed by atoms with Crippen molar-refractivity contribution in [1.82, 2.24) is 0 Å². The summed E-state index contributed by atoms with van der Waals surface area (Å²) in [5, 5.41) is 0. The number of aryl methyl sites for hydroxylation is 1. The summed E-state index contributed by atoms with van der Waals surface area (Å²) in [4.78, 5) is 10.7. The van der Waals surface area contributed by atoms with Crippen LogP contribution in [0.2, 0.25) is 0 Å². The zero-order valence-electron chi connectivity index (χ0n) is 7.50. The fourth-order valence-electron chi connectivity index (χ4n) is 1.14. The quantitative estimate of drug-likeness (QED) is 0.461. The molecule has 0 unspecified atom stereocenters. The number of nitrogens with two attached hydrogens (primary N) is 2. The van der Waals surface area contributed by atoms with Crippen LogP contribution in [0.1, 0.15) is 11.1 Å². The molecular weight excluding hydrogens is 166 g/mol. The lowest BCUT2D eigenvalue weighted by Gasteiger charge is -2.06. The molecule has 0 aliphatic heterocycles. The second-order valence-electron chi connectivity index (χ2n) is 2.93. The number of hydrogen-bond acceptors (Lipinski definition) is 3. The lowest BCUT2D eigenvalue weighted by molar-refractivity contribution is -0.117. The van der Waals surface area contributed by atoms with Crippen LogP contribution < -0.4 is 17.0 Å². The molecule has 0 aliphatic rings. The number of anilines is 1. The monoisotopic (exact) mass is 179 g/mol. The highest BCUT2D eigenvalue weighted by Crippen LogP contribution is 2.14. The minimum atomic E-state index is -0.336. The molecule has 0 aliphatic carbocycles. The van der Waals surface area contributed by atoms with Crippen LogP contribution in [-0.2, 0) is 11.2 Å². The first-order chi connectivity index (χ1) is 6.13. The highest BCUT2D eigenvalue weighted by Gasteiger charge is 2.02. The zero-order chi connectivity index (χ0) is 9.84. The largest absolute Gasteiger partial charge is 0.369 e. The number of carbonyl (C=O) groups excluding carboxylic acids is 1. The molecule has 0 aromatic heterocycles. The van der Waals surface area contributed by atoms with E-state index in [0.717, 1.165) is 16.8 Å². The third kappa shape index (κ3) is 2.45. The van der Waals surface area contributed by atoms with E-state index in [0.29, 0.717) is 0 Å². The van der Waals surface area contributed by atoms with Crippen molar-refractivity contribution >= 4 is 11.6 Å². The number of amides is 1. The molecule has 0 saturated carbocycles. The molecule has 0 saturated heterocycles. The Morgan fingerprint density at radius 1 is 1.54 bits per heavy atom. The van der Waals surface area contributed by atoms with Gasteiger partial charge >= 0.3 is 0 Å². The Morgan fingerprint density at radius 2 is 2.23 bits per heavy atom. The molecule has 13 heavy (non-hydrogen) atoms. The Kier molecular flexibility index (Phi) is 2.87. The molecule has 0 fully saturated rings. The van der Waals surface area contributed by atoms with Gasteiger partial charge in [-0.1, -0.05) is 6.07 Å². The lowest BCUT2D eigenvalue weighted by atomic mass is 10.0. The predicted molar refractivity (Wildman–Crippen MR) is 51.9 cm³/mol. The van der Waals surface area contributed by atoms with Gasteiger partial charge in [-0.15, -0.1) is 0 Å². The van der Waals surface area contributed by atoms with Gasteiger partial charge in [-0.25, -0.2) is 0 Å². The molecule has 0 heterocycles. The summed E-state index contributed by atoms with van der Waals surface area (Å²) >= 11 is 0. The van der Waals surface area contributed by atoms with Crippen LogP contribution in [0.3, 0.4) is 0 Å². The molecule has 0 bridgehead atoms. The number of primary amides is 1. The zero-order valence-corrected chi connectivity index (χ0v) is 7.50. The van der Waals surface area contributed by atoms with Crippen LogP contribution in [0.4, 0.5) is 5.69 Å². The van der Waals surface area contributed by atoms with Crippen molar-refractivity contribution < 1.29 is 4.79 Å². The maximum absolute atomic E-state index is 10.7. The van der Waals surface area contributed by atoms with Crippen molar-refractivity contribution in [3.05, 3.63) is 29.3 Å². The smallest absolute Gasteiger partial charge is 0.221 e. The summed E-state index contributed by atoms with van der Waals surface area (Å²) in [6, 6.07) is 5.56. The second-order valence-corrected chi connectivity index (χ2v) is 2.93. The van der Waals surface area contributed by atoms with Crippen LogP contribution >= 0.6 is 0 Å². The highest BCUT2D eigenvalue weighted by atomic mass is 16.1. The molecule has 70 valence electrons. The third-order valence-electron chi connectivity index (χ3n) is 1.88. The number of rotatable bonds is 3. The topological polar surface area (TPSA) is 81.1 Å². The Bertz CT molecular complexity index is 323. The fraction of sp³-hybridized carbons (Fsp3) is 0.222. The minimum absolute atomic E-state index is 0.251. The van der Waals surface area contributed by atoms with Crippen LogP contribution in [0, 0.1) is 6.92 Å². The standard InChI is InChI=1S/C9H13N3O/c1-6-2-3-8(12-11)4-7(6)5-9(10)13/h2-4,12H,5,11H2,1H3,(H2,10,13). The molecule has 5 N–H and O–H groups in total. The number of benzene rings is 1. The SMILES string of the molecule is Cc1ccc(NN)cc1CC(N)=O. The Hall–Kier alpha value is -1.55. The fourth-order valence-corrected chi connectivity index (χ4v) is 1.14. The summed E-state index contributed by atoms with van der Waals surface area (Å²) in [5.74, 6) is 4.90. The van der Waals surface area contributed by atoms with Gasteiger partial charge in [-0.3, -0.25) is 10.6 Å². The minimum Gasteiger partial charge on any atom is -0.369 e. The average Bonchev–Trinajstić information content (AvgIpc) is 2.08. The molecule has 0 spiro atoms. The van der Waals surface area contributed by atoms with Crippen LogP contribution in [0.15, 0.2) is 18.2 Å². The van der Waals surface area contributed by atoms with E-state index < -0.39 is 0 Å². The van der Waals surface area contributed by atoms with Gasteiger partial charge < -0.3 is 11.2 Å². The van der Waals surface area contributed by atoms with Crippen LogP contribution in [-0.4, -0.2) is 5.91 Å². The van der Waals surface area contributed by atoms with E-state index in [1.165, 1.54) is 0 Å². The van der Waals surface area contributed by atoms with Gasteiger partial charge in [0.25, 0.3) is 0 Å². The molecule has 1 aromatic carbocycles. The first-order valence-corrected chi connectivity index (χ1v) is 3.98. The summed E-state index contributed by atoms with van der Waals surface area (Å²) in [6.07, 6.45) is 0.251. The number of nitrogen functional groups attached to an aromatic ring is 1. The first-order valence-electron chi connectivity index (χ1n) is 3.98. The van der Waals surface area contributed by atoms with Gasteiger partial charge in [0.2, 0.25) is 5.91 Å². The van der Waals surface area contributed by atoms with Gasteiger partial charge in [0.15, 0.2) is 0 Å². The molecule has 0 atom stereocenters. The summed E-state index contributed by atoms with van der Waals surface area (Å²) in [6.45, 7) is 1.93. The van der Waals surface area contributed by atoms with Gasteiger partial charge in [-0.2, -0.15) is 0 Å². The van der Waals surface area contributed by atoms with E-state index in [1.54, 1.807) is 0 Å². The molecule has 0 radical (unpaired) electrons. The van der Waals surface area contributed by atoms with E-state index in [2.05, 4.69) is 5.43 Å². The van der Waals surface area contributed by atoms with E-state index in [9.17, 15) is 4.79 Å². The molecule has 1 rings (SSSR count).